The topological polar surface area (TPSA) is 53.4 Å². The van der Waals surface area contributed by atoms with Gasteiger partial charge in [-0.15, -0.1) is 0 Å². The minimum Gasteiger partial charge on any atom is -0.506 e. The van der Waals surface area contributed by atoms with E-state index in [0.717, 1.165) is 5.75 Å². The summed E-state index contributed by atoms with van der Waals surface area (Å²) in [5.41, 5.74) is 0.412. The maximum atomic E-state index is 12.0. The fraction of sp³-hybridized carbons (Fsp3) is 0.455. The van der Waals surface area contributed by atoms with Gasteiger partial charge in [0.1, 0.15) is 5.75 Å². The molecule has 0 saturated carbocycles. The second kappa shape index (κ2) is 5.75. The van der Waals surface area contributed by atoms with E-state index < -0.39 is 0 Å². The molecule has 4 nitrogen and oxygen atoms in total. The van der Waals surface area contributed by atoms with E-state index in [1.807, 2.05) is 13.2 Å². The number of amides is 1. The summed E-state index contributed by atoms with van der Waals surface area (Å²) in [6.45, 7) is 1.99. The van der Waals surface area contributed by atoms with Crippen molar-refractivity contribution in [1.82, 2.24) is 9.88 Å². The summed E-state index contributed by atoms with van der Waals surface area (Å²) in [6.07, 6.45) is 4.77. The Balaban J connectivity index is 2.77. The number of rotatable bonds is 4. The Morgan fingerprint density at radius 3 is 2.88 bits per heavy atom. The molecule has 0 fully saturated rings. The van der Waals surface area contributed by atoms with Gasteiger partial charge in [0, 0.05) is 25.0 Å². The van der Waals surface area contributed by atoms with E-state index in [9.17, 15) is 9.90 Å². The van der Waals surface area contributed by atoms with Crippen LogP contribution in [0.5, 0.6) is 5.75 Å². The number of carbonyl (C=O) groups is 1. The number of aromatic hydroxyl groups is 1. The summed E-state index contributed by atoms with van der Waals surface area (Å²) in [6, 6.07) is 1.59. The van der Waals surface area contributed by atoms with Crippen molar-refractivity contribution >= 4 is 17.7 Å². The third-order valence-electron chi connectivity index (χ3n) is 2.36. The molecule has 1 atom stereocenters. The van der Waals surface area contributed by atoms with Crippen LogP contribution in [0.4, 0.5) is 0 Å². The number of pyridine rings is 1. The molecule has 5 heteroatoms. The van der Waals surface area contributed by atoms with Gasteiger partial charge in [0.05, 0.1) is 11.8 Å². The Morgan fingerprint density at radius 1 is 1.62 bits per heavy atom. The first-order valence-electron chi connectivity index (χ1n) is 4.96. The average Bonchev–Trinajstić information content (AvgIpc) is 2.27. The molecule has 0 aromatic carbocycles. The Hall–Kier alpha value is -1.23. The molecule has 0 aliphatic rings. The van der Waals surface area contributed by atoms with Gasteiger partial charge in [-0.3, -0.25) is 9.78 Å². The maximum Gasteiger partial charge on any atom is 0.255 e. The Labute approximate surface area is 99.7 Å². The van der Waals surface area contributed by atoms with Crippen LogP contribution in [0.3, 0.4) is 0 Å². The molecule has 0 aliphatic heterocycles. The Bertz CT molecular complexity index is 371. The standard InChI is InChI=1S/C11H16N2O2S/c1-8(7-16-3)13(2)11(15)9-4-10(14)6-12-5-9/h4-6,8,14H,7H2,1-3H3. The summed E-state index contributed by atoms with van der Waals surface area (Å²) in [5, 5.41) is 9.25. The zero-order valence-electron chi connectivity index (χ0n) is 9.67. The Kier molecular flexibility index (Phi) is 4.61. The molecular formula is C11H16N2O2S. The van der Waals surface area contributed by atoms with Gasteiger partial charge in [-0.1, -0.05) is 0 Å². The van der Waals surface area contributed by atoms with Crippen LogP contribution in [0.25, 0.3) is 0 Å². The number of nitrogens with zero attached hydrogens (tertiary/aromatic N) is 2. The highest BCUT2D eigenvalue weighted by Crippen LogP contribution is 2.13. The second-order valence-corrected chi connectivity index (χ2v) is 4.56. The van der Waals surface area contributed by atoms with Crippen molar-refractivity contribution in [3.8, 4) is 5.75 Å². The largest absolute Gasteiger partial charge is 0.506 e. The molecule has 1 aromatic rings. The van der Waals surface area contributed by atoms with E-state index in [4.69, 9.17) is 0 Å². The van der Waals surface area contributed by atoms with Crippen molar-refractivity contribution in [1.29, 1.82) is 0 Å². The molecule has 1 N–H and O–H groups in total. The minimum atomic E-state index is -0.120. The van der Waals surface area contributed by atoms with Crippen molar-refractivity contribution in [2.75, 3.05) is 19.1 Å². The first kappa shape index (κ1) is 12.8. The number of aromatic nitrogens is 1. The van der Waals surface area contributed by atoms with Crippen LogP contribution in [0.1, 0.15) is 17.3 Å². The summed E-state index contributed by atoms with van der Waals surface area (Å²) in [7, 11) is 1.76. The molecule has 1 rings (SSSR count). The molecule has 88 valence electrons. The molecule has 1 aromatic heterocycles. The van der Waals surface area contributed by atoms with Gasteiger partial charge < -0.3 is 10.0 Å². The molecule has 0 aliphatic carbocycles. The predicted octanol–water partition coefficient (Wildman–Crippen LogP) is 1.61. The van der Waals surface area contributed by atoms with E-state index in [-0.39, 0.29) is 17.7 Å². The second-order valence-electron chi connectivity index (χ2n) is 3.65. The zero-order valence-corrected chi connectivity index (χ0v) is 10.5. The predicted molar refractivity (Wildman–Crippen MR) is 65.8 cm³/mol. The lowest BCUT2D eigenvalue weighted by atomic mass is 10.2. The molecule has 1 amide bonds. The van der Waals surface area contributed by atoms with Crippen molar-refractivity contribution in [3.05, 3.63) is 24.0 Å². The number of hydrogen-bond acceptors (Lipinski definition) is 4. The molecule has 16 heavy (non-hydrogen) atoms. The van der Waals surface area contributed by atoms with E-state index >= 15 is 0 Å². The SMILES string of the molecule is CSCC(C)N(C)C(=O)c1cncc(O)c1. The smallest absolute Gasteiger partial charge is 0.255 e. The summed E-state index contributed by atoms with van der Waals surface area (Å²) in [5.74, 6) is 0.774. The van der Waals surface area contributed by atoms with Crippen LogP contribution >= 0.6 is 11.8 Å². The van der Waals surface area contributed by atoms with Crippen LogP contribution in [-0.2, 0) is 0 Å². The fourth-order valence-electron chi connectivity index (χ4n) is 1.30. The van der Waals surface area contributed by atoms with Crippen LogP contribution in [0.2, 0.25) is 0 Å². The molecule has 0 radical (unpaired) electrons. The summed E-state index contributed by atoms with van der Waals surface area (Å²) < 4.78 is 0. The molecule has 0 bridgehead atoms. The first-order chi connectivity index (χ1) is 7.56. The van der Waals surface area contributed by atoms with Gasteiger partial charge in [-0.05, 0) is 19.2 Å². The Morgan fingerprint density at radius 2 is 2.31 bits per heavy atom. The van der Waals surface area contributed by atoms with Crippen molar-refractivity contribution < 1.29 is 9.90 Å². The normalized spacial score (nSPS) is 12.2. The monoisotopic (exact) mass is 240 g/mol. The molecule has 1 heterocycles. The van der Waals surface area contributed by atoms with Gasteiger partial charge in [0.2, 0.25) is 0 Å². The number of hydrogen-bond donors (Lipinski definition) is 1. The van der Waals surface area contributed by atoms with Crippen LogP contribution in [0, 0.1) is 0 Å². The highest BCUT2D eigenvalue weighted by molar-refractivity contribution is 7.98. The van der Waals surface area contributed by atoms with Gasteiger partial charge in [0.15, 0.2) is 0 Å². The zero-order chi connectivity index (χ0) is 12.1. The lowest BCUT2D eigenvalue weighted by molar-refractivity contribution is 0.0756. The quantitative estimate of drug-likeness (QED) is 0.868. The van der Waals surface area contributed by atoms with Gasteiger partial charge in [-0.2, -0.15) is 11.8 Å². The third kappa shape index (κ3) is 3.13. The number of thioether (sulfide) groups is 1. The van der Waals surface area contributed by atoms with Crippen LogP contribution in [0.15, 0.2) is 18.5 Å². The first-order valence-corrected chi connectivity index (χ1v) is 6.35. The van der Waals surface area contributed by atoms with E-state index in [2.05, 4.69) is 4.98 Å². The molecule has 1 unspecified atom stereocenters. The lowest BCUT2D eigenvalue weighted by Crippen LogP contribution is -2.36. The number of carbonyl (C=O) groups excluding carboxylic acids is 1. The lowest BCUT2D eigenvalue weighted by Gasteiger charge is -2.24. The molecular weight excluding hydrogens is 224 g/mol. The van der Waals surface area contributed by atoms with E-state index in [0.29, 0.717) is 5.56 Å². The van der Waals surface area contributed by atoms with Crippen LogP contribution < -0.4 is 0 Å². The van der Waals surface area contributed by atoms with Crippen molar-refractivity contribution in [2.45, 2.75) is 13.0 Å². The van der Waals surface area contributed by atoms with E-state index in [1.165, 1.54) is 18.5 Å². The summed E-state index contributed by atoms with van der Waals surface area (Å²) in [4.78, 5) is 17.4. The fourth-order valence-corrected chi connectivity index (χ4v) is 2.01. The summed E-state index contributed by atoms with van der Waals surface area (Å²) >= 11 is 1.69. The van der Waals surface area contributed by atoms with Gasteiger partial charge in [-0.25, -0.2) is 0 Å². The highest BCUT2D eigenvalue weighted by atomic mass is 32.2. The average molecular weight is 240 g/mol. The van der Waals surface area contributed by atoms with Gasteiger partial charge >= 0.3 is 0 Å². The van der Waals surface area contributed by atoms with Crippen molar-refractivity contribution in [3.63, 3.8) is 0 Å². The van der Waals surface area contributed by atoms with Crippen molar-refractivity contribution in [2.24, 2.45) is 0 Å². The molecule has 0 saturated heterocycles. The van der Waals surface area contributed by atoms with Crippen LogP contribution in [-0.4, -0.2) is 46.0 Å². The maximum absolute atomic E-state index is 12.0. The third-order valence-corrected chi connectivity index (χ3v) is 3.18. The van der Waals surface area contributed by atoms with E-state index in [1.54, 1.807) is 23.7 Å². The highest BCUT2D eigenvalue weighted by Gasteiger charge is 2.17. The molecule has 0 spiro atoms. The van der Waals surface area contributed by atoms with Gasteiger partial charge in [0.25, 0.3) is 5.91 Å². The minimum absolute atomic E-state index is 0.0109.